The summed E-state index contributed by atoms with van der Waals surface area (Å²) in [5.41, 5.74) is 1.20. The van der Waals surface area contributed by atoms with Crippen LogP contribution in [0.3, 0.4) is 0 Å². The summed E-state index contributed by atoms with van der Waals surface area (Å²) in [4.78, 5) is 0. The number of fused-ring (bicyclic) bond motifs is 3. The van der Waals surface area contributed by atoms with E-state index in [9.17, 15) is 0 Å². The van der Waals surface area contributed by atoms with Crippen molar-refractivity contribution in [2.75, 3.05) is 0 Å². The monoisotopic (exact) mass is 304 g/mol. The molecule has 0 radical (unpaired) electrons. The molecule has 0 saturated heterocycles. The lowest BCUT2D eigenvalue weighted by Crippen LogP contribution is -1.74. The van der Waals surface area contributed by atoms with Gasteiger partial charge in [-0.3, -0.25) is 0 Å². The van der Waals surface area contributed by atoms with Gasteiger partial charge in [0.15, 0.2) is 5.58 Å². The Morgan fingerprint density at radius 1 is 0.882 bits per heavy atom. The molecule has 0 unspecified atom stereocenters. The van der Waals surface area contributed by atoms with Crippen LogP contribution in [0.25, 0.3) is 21.9 Å². The zero-order chi connectivity index (χ0) is 12.2. The van der Waals surface area contributed by atoms with Crippen molar-refractivity contribution in [2.45, 2.75) is 0 Å². The van der Waals surface area contributed by atoms with Gasteiger partial charge in [-0.25, -0.2) is 0 Å². The topological polar surface area (TPSA) is 13.1 Å². The first-order valence-electron chi connectivity index (χ1n) is 4.73. The van der Waals surface area contributed by atoms with Gasteiger partial charge in [0.1, 0.15) is 5.58 Å². The quantitative estimate of drug-likeness (QED) is 0.451. The minimum atomic E-state index is 0.395. The fraction of sp³-hybridized carbons (Fsp3) is 0. The molecular weight excluding hydrogens is 302 g/mol. The third-order valence-corrected chi connectivity index (χ3v) is 3.85. The summed E-state index contributed by atoms with van der Waals surface area (Å²) in [5.74, 6) is 0. The molecule has 0 aliphatic rings. The van der Waals surface area contributed by atoms with Gasteiger partial charge in [-0.15, -0.1) is 0 Å². The van der Waals surface area contributed by atoms with E-state index in [4.69, 9.17) is 50.8 Å². The summed E-state index contributed by atoms with van der Waals surface area (Å²) in [6.07, 6.45) is 0. The van der Waals surface area contributed by atoms with Crippen LogP contribution in [0.1, 0.15) is 0 Å². The van der Waals surface area contributed by atoms with Gasteiger partial charge in [0.2, 0.25) is 0 Å². The highest BCUT2D eigenvalue weighted by molar-refractivity contribution is 6.49. The molecule has 0 amide bonds. The van der Waals surface area contributed by atoms with E-state index in [1.807, 2.05) is 0 Å². The average molecular weight is 306 g/mol. The van der Waals surface area contributed by atoms with Crippen LogP contribution in [0.2, 0.25) is 20.1 Å². The highest BCUT2D eigenvalue weighted by Gasteiger charge is 2.16. The van der Waals surface area contributed by atoms with Crippen molar-refractivity contribution in [1.82, 2.24) is 0 Å². The van der Waals surface area contributed by atoms with E-state index in [0.29, 0.717) is 36.6 Å². The fourth-order valence-electron chi connectivity index (χ4n) is 1.82. The van der Waals surface area contributed by atoms with Gasteiger partial charge in [-0.2, -0.15) is 0 Å². The lowest BCUT2D eigenvalue weighted by Gasteiger charge is -1.99. The molecule has 3 rings (SSSR count). The summed E-state index contributed by atoms with van der Waals surface area (Å²) in [7, 11) is 0. The molecule has 3 aromatic rings. The van der Waals surface area contributed by atoms with E-state index in [0.717, 1.165) is 5.39 Å². The first-order valence-corrected chi connectivity index (χ1v) is 6.24. The van der Waals surface area contributed by atoms with Crippen LogP contribution in [-0.4, -0.2) is 0 Å². The molecule has 0 fully saturated rings. The van der Waals surface area contributed by atoms with Crippen LogP contribution >= 0.6 is 46.4 Å². The van der Waals surface area contributed by atoms with E-state index < -0.39 is 0 Å². The van der Waals surface area contributed by atoms with E-state index in [1.165, 1.54) is 0 Å². The van der Waals surface area contributed by atoms with Crippen LogP contribution < -0.4 is 0 Å². The summed E-state index contributed by atoms with van der Waals surface area (Å²) < 4.78 is 5.64. The Morgan fingerprint density at radius 2 is 1.65 bits per heavy atom. The molecule has 0 bridgehead atoms. The van der Waals surface area contributed by atoms with Crippen LogP contribution in [0, 0.1) is 0 Å². The van der Waals surface area contributed by atoms with Crippen molar-refractivity contribution in [2.24, 2.45) is 0 Å². The zero-order valence-electron chi connectivity index (χ0n) is 8.23. The first-order chi connectivity index (χ1) is 8.08. The average Bonchev–Trinajstić information content (AvgIpc) is 2.65. The van der Waals surface area contributed by atoms with Crippen molar-refractivity contribution >= 4 is 68.3 Å². The molecule has 0 saturated carbocycles. The van der Waals surface area contributed by atoms with Crippen LogP contribution in [0.5, 0.6) is 0 Å². The maximum Gasteiger partial charge on any atom is 0.155 e. The van der Waals surface area contributed by atoms with Gasteiger partial charge in [0.25, 0.3) is 0 Å². The lowest BCUT2D eigenvalue weighted by atomic mass is 10.1. The summed E-state index contributed by atoms with van der Waals surface area (Å²) >= 11 is 24.2. The Morgan fingerprint density at radius 3 is 2.41 bits per heavy atom. The van der Waals surface area contributed by atoms with E-state index in [1.54, 1.807) is 24.3 Å². The standard InChI is InChI=1S/C12H4Cl4O/c13-5-1-2-9-6(3-5)10-11(16)7(14)4-8(15)12(10)17-9/h1-4H. The van der Waals surface area contributed by atoms with E-state index in [2.05, 4.69) is 0 Å². The van der Waals surface area contributed by atoms with E-state index in [-0.39, 0.29) is 0 Å². The van der Waals surface area contributed by atoms with Crippen LogP contribution in [0.15, 0.2) is 28.7 Å². The summed E-state index contributed by atoms with van der Waals surface area (Å²) in [6.45, 7) is 0. The predicted molar refractivity (Wildman–Crippen MR) is 73.8 cm³/mol. The molecule has 0 atom stereocenters. The van der Waals surface area contributed by atoms with Crippen molar-refractivity contribution in [3.8, 4) is 0 Å². The highest BCUT2D eigenvalue weighted by Crippen LogP contribution is 2.42. The maximum absolute atomic E-state index is 6.18. The molecule has 1 aromatic heterocycles. The van der Waals surface area contributed by atoms with Gasteiger partial charge >= 0.3 is 0 Å². The number of furan rings is 1. The molecular formula is C12H4Cl4O. The highest BCUT2D eigenvalue weighted by atomic mass is 35.5. The molecule has 2 aromatic carbocycles. The zero-order valence-corrected chi connectivity index (χ0v) is 11.3. The van der Waals surface area contributed by atoms with Crippen molar-refractivity contribution in [3.63, 3.8) is 0 Å². The smallest absolute Gasteiger partial charge is 0.155 e. The summed E-state index contributed by atoms with van der Waals surface area (Å²) in [6, 6.07) is 6.87. The van der Waals surface area contributed by atoms with Gasteiger partial charge in [-0.05, 0) is 24.3 Å². The molecule has 1 heterocycles. The number of hydrogen-bond donors (Lipinski definition) is 0. The number of rotatable bonds is 0. The van der Waals surface area contributed by atoms with Gasteiger partial charge in [0.05, 0.1) is 15.1 Å². The minimum absolute atomic E-state index is 0.395. The van der Waals surface area contributed by atoms with Gasteiger partial charge in [-0.1, -0.05) is 46.4 Å². The lowest BCUT2D eigenvalue weighted by molar-refractivity contribution is 0.669. The Labute approximate surface area is 117 Å². The van der Waals surface area contributed by atoms with Crippen LogP contribution in [0.4, 0.5) is 0 Å². The van der Waals surface area contributed by atoms with Crippen molar-refractivity contribution < 1.29 is 4.42 Å². The molecule has 0 spiro atoms. The van der Waals surface area contributed by atoms with Gasteiger partial charge < -0.3 is 4.42 Å². The van der Waals surface area contributed by atoms with Crippen LogP contribution in [-0.2, 0) is 0 Å². The SMILES string of the molecule is Clc1ccc2oc3c(Cl)cc(Cl)c(Cl)c3c2c1. The Hall–Kier alpha value is -0.600. The Kier molecular flexibility index (Phi) is 2.68. The molecule has 0 aliphatic heterocycles. The molecule has 0 N–H and O–H groups in total. The third-order valence-electron chi connectivity index (χ3n) is 2.55. The molecule has 1 nitrogen and oxygen atoms in total. The third kappa shape index (κ3) is 1.69. The normalized spacial score (nSPS) is 11.5. The van der Waals surface area contributed by atoms with Crippen molar-refractivity contribution in [1.29, 1.82) is 0 Å². The fourth-order valence-corrected chi connectivity index (χ4v) is 2.73. The number of hydrogen-bond acceptors (Lipinski definition) is 1. The van der Waals surface area contributed by atoms with Crippen molar-refractivity contribution in [3.05, 3.63) is 44.4 Å². The molecule has 5 heteroatoms. The minimum Gasteiger partial charge on any atom is -0.454 e. The summed E-state index contributed by atoms with van der Waals surface area (Å²) in [5, 5.41) is 3.36. The molecule has 86 valence electrons. The first kappa shape index (κ1) is 11.5. The van der Waals surface area contributed by atoms with E-state index >= 15 is 0 Å². The maximum atomic E-state index is 6.18. The Balaban J connectivity index is 2.63. The largest absolute Gasteiger partial charge is 0.454 e. The second kappa shape index (κ2) is 3.96. The Bertz CT molecular complexity index is 745. The number of halogens is 4. The number of benzene rings is 2. The second-order valence-corrected chi connectivity index (χ2v) is 5.23. The molecule has 17 heavy (non-hydrogen) atoms. The van der Waals surface area contributed by atoms with Gasteiger partial charge in [0, 0.05) is 15.8 Å². The molecule has 0 aliphatic carbocycles. The second-order valence-electron chi connectivity index (χ2n) is 3.60. The predicted octanol–water partition coefficient (Wildman–Crippen LogP) is 6.20.